The summed E-state index contributed by atoms with van der Waals surface area (Å²) in [5.41, 5.74) is 7.21. The van der Waals surface area contributed by atoms with E-state index in [9.17, 15) is 0 Å². The lowest BCUT2D eigenvalue weighted by Gasteiger charge is -2.01. The van der Waals surface area contributed by atoms with Gasteiger partial charge in [0.1, 0.15) is 5.75 Å². The van der Waals surface area contributed by atoms with Crippen LogP contribution in [0.3, 0.4) is 0 Å². The zero-order valence-corrected chi connectivity index (χ0v) is 7.71. The fourth-order valence-electron chi connectivity index (χ4n) is 0.682. The highest BCUT2D eigenvalue weighted by molar-refractivity contribution is 14.1. The number of hydrogen-bond acceptors (Lipinski definition) is 2. The van der Waals surface area contributed by atoms with Crippen molar-refractivity contribution in [3.05, 3.63) is 21.3 Å². The topological polar surface area (TPSA) is 46.2 Å². The second kappa shape index (κ2) is 2.65. The largest absolute Gasteiger partial charge is 0.507 e. The Kier molecular flexibility index (Phi) is 2.03. The van der Waals surface area contributed by atoms with E-state index < -0.39 is 0 Å². The van der Waals surface area contributed by atoms with E-state index in [2.05, 4.69) is 0 Å². The molecule has 0 spiro atoms. The lowest BCUT2D eigenvalue weighted by Crippen LogP contribution is -1.89. The number of aromatic hydroxyl groups is 1. The summed E-state index contributed by atoms with van der Waals surface area (Å²) < 4.78 is 0.792. The molecule has 0 aromatic heterocycles. The Hall–Kier alpha value is -0.450. The SMILES string of the molecule is Cc1cc(O)c(I)cc1N. The van der Waals surface area contributed by atoms with Gasteiger partial charge in [0.25, 0.3) is 0 Å². The van der Waals surface area contributed by atoms with Crippen LogP contribution in [0.5, 0.6) is 5.75 Å². The van der Waals surface area contributed by atoms with Gasteiger partial charge in [-0.05, 0) is 47.2 Å². The fraction of sp³-hybridized carbons (Fsp3) is 0.143. The lowest BCUT2D eigenvalue weighted by atomic mass is 10.2. The van der Waals surface area contributed by atoms with E-state index in [4.69, 9.17) is 10.8 Å². The van der Waals surface area contributed by atoms with Crippen molar-refractivity contribution in [1.82, 2.24) is 0 Å². The highest BCUT2D eigenvalue weighted by Crippen LogP contribution is 2.24. The van der Waals surface area contributed by atoms with Crippen molar-refractivity contribution < 1.29 is 5.11 Å². The van der Waals surface area contributed by atoms with Gasteiger partial charge in [-0.1, -0.05) is 0 Å². The van der Waals surface area contributed by atoms with Crippen LogP contribution in [0.4, 0.5) is 5.69 Å². The molecule has 0 unspecified atom stereocenters. The summed E-state index contributed by atoms with van der Waals surface area (Å²) in [5, 5.41) is 9.16. The highest BCUT2D eigenvalue weighted by atomic mass is 127. The van der Waals surface area contributed by atoms with E-state index in [0.717, 1.165) is 14.8 Å². The first kappa shape index (κ1) is 7.65. The number of phenols is 1. The third-order valence-corrected chi connectivity index (χ3v) is 2.20. The van der Waals surface area contributed by atoms with Crippen molar-refractivity contribution in [3.63, 3.8) is 0 Å². The van der Waals surface area contributed by atoms with Crippen LogP contribution in [0, 0.1) is 10.5 Å². The zero-order valence-electron chi connectivity index (χ0n) is 5.56. The summed E-state index contributed by atoms with van der Waals surface area (Å²) in [5.74, 6) is 0.298. The molecular formula is C7H8INO. The third kappa shape index (κ3) is 1.34. The number of aryl methyl sites for hydroxylation is 1. The van der Waals surface area contributed by atoms with Gasteiger partial charge < -0.3 is 10.8 Å². The minimum atomic E-state index is 0.298. The molecule has 1 aromatic rings. The quantitative estimate of drug-likeness (QED) is 0.419. The number of phenolic OH excluding ortho intramolecular Hbond substituents is 1. The molecule has 0 heterocycles. The van der Waals surface area contributed by atoms with E-state index in [1.807, 2.05) is 29.5 Å². The molecule has 3 heteroatoms. The Labute approximate surface area is 73.2 Å². The molecule has 0 aliphatic heterocycles. The zero-order chi connectivity index (χ0) is 7.72. The van der Waals surface area contributed by atoms with Gasteiger partial charge in [0.05, 0.1) is 3.57 Å². The van der Waals surface area contributed by atoms with E-state index in [-0.39, 0.29) is 0 Å². The van der Waals surface area contributed by atoms with Gasteiger partial charge in [0.2, 0.25) is 0 Å². The number of anilines is 1. The van der Waals surface area contributed by atoms with Gasteiger partial charge >= 0.3 is 0 Å². The van der Waals surface area contributed by atoms with Crippen LogP contribution in [-0.4, -0.2) is 5.11 Å². The van der Waals surface area contributed by atoms with Gasteiger partial charge in [-0.25, -0.2) is 0 Å². The number of nitrogen functional groups attached to an aromatic ring is 1. The lowest BCUT2D eigenvalue weighted by molar-refractivity contribution is 0.471. The Morgan fingerprint density at radius 3 is 2.60 bits per heavy atom. The molecule has 0 atom stereocenters. The monoisotopic (exact) mass is 249 g/mol. The van der Waals surface area contributed by atoms with Crippen LogP contribution in [0.1, 0.15) is 5.56 Å². The van der Waals surface area contributed by atoms with Crippen molar-refractivity contribution in [1.29, 1.82) is 0 Å². The first-order valence-corrected chi connectivity index (χ1v) is 3.93. The summed E-state index contributed by atoms with van der Waals surface area (Å²) >= 11 is 2.04. The fourth-order valence-corrected chi connectivity index (χ4v) is 1.17. The summed E-state index contributed by atoms with van der Waals surface area (Å²) in [6.45, 7) is 1.87. The van der Waals surface area contributed by atoms with Crippen molar-refractivity contribution in [3.8, 4) is 5.75 Å². The van der Waals surface area contributed by atoms with Crippen molar-refractivity contribution >= 4 is 28.3 Å². The number of rotatable bonds is 0. The minimum absolute atomic E-state index is 0.298. The molecule has 1 aromatic carbocycles. The molecule has 0 aliphatic carbocycles. The Morgan fingerprint density at radius 2 is 2.10 bits per heavy atom. The van der Waals surface area contributed by atoms with Crippen LogP contribution >= 0.6 is 22.6 Å². The molecule has 0 saturated carbocycles. The standard InChI is InChI=1S/C7H8INO/c1-4-2-7(10)5(8)3-6(4)9/h2-3,10H,9H2,1H3. The number of halogens is 1. The van der Waals surface area contributed by atoms with Crippen LogP contribution < -0.4 is 5.73 Å². The van der Waals surface area contributed by atoms with E-state index >= 15 is 0 Å². The van der Waals surface area contributed by atoms with Gasteiger partial charge in [0, 0.05) is 5.69 Å². The molecule has 0 saturated heterocycles. The second-order valence-electron chi connectivity index (χ2n) is 2.16. The first-order valence-electron chi connectivity index (χ1n) is 2.86. The average molecular weight is 249 g/mol. The van der Waals surface area contributed by atoms with Crippen LogP contribution in [0.25, 0.3) is 0 Å². The minimum Gasteiger partial charge on any atom is -0.507 e. The smallest absolute Gasteiger partial charge is 0.129 e. The average Bonchev–Trinajstić information content (AvgIpc) is 1.84. The molecule has 0 aliphatic rings. The predicted octanol–water partition coefficient (Wildman–Crippen LogP) is 1.89. The first-order chi connectivity index (χ1) is 4.61. The third-order valence-electron chi connectivity index (χ3n) is 1.34. The van der Waals surface area contributed by atoms with Gasteiger partial charge in [-0.3, -0.25) is 0 Å². The van der Waals surface area contributed by atoms with Gasteiger partial charge in [-0.15, -0.1) is 0 Å². The van der Waals surface area contributed by atoms with E-state index in [0.29, 0.717) is 5.75 Å². The highest BCUT2D eigenvalue weighted by Gasteiger charge is 1.99. The summed E-state index contributed by atoms with van der Waals surface area (Å²) in [6, 6.07) is 3.42. The molecule has 0 bridgehead atoms. The molecule has 0 amide bonds. The maximum atomic E-state index is 9.16. The summed E-state index contributed by atoms with van der Waals surface area (Å²) in [6.07, 6.45) is 0. The molecule has 0 fully saturated rings. The van der Waals surface area contributed by atoms with Crippen LogP contribution in [0.15, 0.2) is 12.1 Å². The number of nitrogens with two attached hydrogens (primary N) is 1. The molecule has 10 heavy (non-hydrogen) atoms. The van der Waals surface area contributed by atoms with Crippen LogP contribution in [-0.2, 0) is 0 Å². The van der Waals surface area contributed by atoms with E-state index in [1.54, 1.807) is 12.1 Å². The predicted molar refractivity (Wildman–Crippen MR) is 50.0 cm³/mol. The Morgan fingerprint density at radius 1 is 1.50 bits per heavy atom. The van der Waals surface area contributed by atoms with Crippen molar-refractivity contribution in [2.45, 2.75) is 6.92 Å². The molecule has 3 N–H and O–H groups in total. The number of benzene rings is 1. The van der Waals surface area contributed by atoms with Crippen molar-refractivity contribution in [2.75, 3.05) is 5.73 Å². The van der Waals surface area contributed by atoms with Crippen LogP contribution in [0.2, 0.25) is 0 Å². The maximum Gasteiger partial charge on any atom is 0.129 e. The molecule has 2 nitrogen and oxygen atoms in total. The van der Waals surface area contributed by atoms with Gasteiger partial charge in [0.15, 0.2) is 0 Å². The summed E-state index contributed by atoms with van der Waals surface area (Å²) in [4.78, 5) is 0. The molecule has 54 valence electrons. The Balaban J connectivity index is 3.28. The Bertz CT molecular complexity index is 210. The number of hydrogen-bond donors (Lipinski definition) is 2. The normalized spacial score (nSPS) is 9.80. The van der Waals surface area contributed by atoms with Crippen molar-refractivity contribution in [2.24, 2.45) is 0 Å². The van der Waals surface area contributed by atoms with E-state index in [1.165, 1.54) is 0 Å². The maximum absolute atomic E-state index is 9.16. The summed E-state index contributed by atoms with van der Waals surface area (Å²) in [7, 11) is 0. The second-order valence-corrected chi connectivity index (χ2v) is 3.32. The molecule has 1 rings (SSSR count). The molecule has 0 radical (unpaired) electrons. The van der Waals surface area contributed by atoms with Gasteiger partial charge in [-0.2, -0.15) is 0 Å². The molecular weight excluding hydrogens is 241 g/mol.